The zero-order chi connectivity index (χ0) is 13.0. The first-order valence-corrected chi connectivity index (χ1v) is 6.56. The van der Waals surface area contributed by atoms with Crippen molar-refractivity contribution in [3.05, 3.63) is 75.2 Å². The summed E-state index contributed by atoms with van der Waals surface area (Å²) in [5, 5.41) is 4.56. The van der Waals surface area contributed by atoms with Gasteiger partial charge in [-0.15, -0.1) is 0 Å². The zero-order valence-corrected chi connectivity index (χ0v) is 11.7. The van der Waals surface area contributed by atoms with Crippen molar-refractivity contribution in [3.8, 4) is 0 Å². The summed E-state index contributed by atoms with van der Waals surface area (Å²) in [5.41, 5.74) is 2.02. The maximum atomic E-state index is 6.11. The van der Waals surface area contributed by atoms with E-state index in [0.29, 0.717) is 21.6 Å². The second kappa shape index (κ2) is 6.44. The Morgan fingerprint density at radius 2 is 1.61 bits per heavy atom. The van der Waals surface area contributed by atoms with Gasteiger partial charge in [0.1, 0.15) is 0 Å². The maximum Gasteiger partial charge on any atom is 0.0781 e. The van der Waals surface area contributed by atoms with E-state index in [9.17, 15) is 0 Å². The standard InChI is InChI=1S/C14H11Cl3N/c15-12-7-6-11(13(16)14(12)17)9-18-8-10-4-2-1-3-5-10/h1-8,18H,9H2. The minimum absolute atomic E-state index is 0.400. The largest absolute Gasteiger partial charge is 0.304 e. The Kier molecular flexibility index (Phi) is 4.90. The number of nitrogens with one attached hydrogen (secondary N) is 1. The Balaban J connectivity index is 1.97. The van der Waals surface area contributed by atoms with E-state index in [1.165, 1.54) is 0 Å². The normalized spacial score (nSPS) is 10.6. The Bertz CT molecular complexity index is 526. The van der Waals surface area contributed by atoms with E-state index in [1.54, 1.807) is 6.07 Å². The van der Waals surface area contributed by atoms with Crippen molar-refractivity contribution in [2.45, 2.75) is 6.54 Å². The summed E-state index contributed by atoms with van der Waals surface area (Å²) in [5.74, 6) is 0. The van der Waals surface area contributed by atoms with Gasteiger partial charge in [-0.3, -0.25) is 0 Å². The highest BCUT2D eigenvalue weighted by Crippen LogP contribution is 2.32. The van der Waals surface area contributed by atoms with Crippen LogP contribution < -0.4 is 5.32 Å². The second-order valence-corrected chi connectivity index (χ2v) is 4.93. The van der Waals surface area contributed by atoms with E-state index in [2.05, 4.69) is 5.32 Å². The summed E-state index contributed by atoms with van der Waals surface area (Å²) < 4.78 is 0. The molecular weight excluding hydrogens is 289 g/mol. The molecule has 0 bridgehead atoms. The lowest BCUT2D eigenvalue weighted by Crippen LogP contribution is -2.10. The fourth-order valence-electron chi connectivity index (χ4n) is 1.53. The summed E-state index contributed by atoms with van der Waals surface area (Å²) in [6.45, 7) is 2.53. The van der Waals surface area contributed by atoms with Crippen molar-refractivity contribution in [3.63, 3.8) is 0 Å². The highest BCUT2D eigenvalue weighted by molar-refractivity contribution is 6.48. The van der Waals surface area contributed by atoms with Crippen LogP contribution in [0.1, 0.15) is 11.1 Å². The molecule has 0 spiro atoms. The molecule has 0 aromatic heterocycles. The second-order valence-electron chi connectivity index (χ2n) is 3.77. The van der Waals surface area contributed by atoms with Crippen LogP contribution in [0.25, 0.3) is 0 Å². The van der Waals surface area contributed by atoms with E-state index < -0.39 is 0 Å². The Morgan fingerprint density at radius 3 is 2.33 bits per heavy atom. The van der Waals surface area contributed by atoms with E-state index in [1.807, 2.05) is 42.9 Å². The lowest BCUT2D eigenvalue weighted by molar-refractivity contribution is 0.819. The highest BCUT2D eigenvalue weighted by Gasteiger charge is 2.08. The molecule has 0 unspecified atom stereocenters. The van der Waals surface area contributed by atoms with E-state index in [-0.39, 0.29) is 0 Å². The van der Waals surface area contributed by atoms with Crippen LogP contribution in [-0.2, 0) is 6.54 Å². The quantitative estimate of drug-likeness (QED) is 0.788. The molecule has 2 aromatic rings. The first kappa shape index (κ1) is 13.7. The topological polar surface area (TPSA) is 12.0 Å². The fourth-order valence-corrected chi connectivity index (χ4v) is 2.15. The van der Waals surface area contributed by atoms with Gasteiger partial charge in [0.15, 0.2) is 0 Å². The van der Waals surface area contributed by atoms with Gasteiger partial charge in [0.25, 0.3) is 0 Å². The van der Waals surface area contributed by atoms with Crippen LogP contribution in [0.3, 0.4) is 0 Å². The Hall–Kier alpha value is -0.730. The molecular formula is C14H11Cl3N. The Morgan fingerprint density at radius 1 is 0.889 bits per heavy atom. The fraction of sp³-hybridized carbons (Fsp3) is 0.0714. The van der Waals surface area contributed by atoms with Crippen LogP contribution in [-0.4, -0.2) is 0 Å². The summed E-state index contributed by atoms with van der Waals surface area (Å²) >= 11 is 18.0. The van der Waals surface area contributed by atoms with Gasteiger partial charge in [-0.05, 0) is 17.2 Å². The van der Waals surface area contributed by atoms with E-state index in [4.69, 9.17) is 34.8 Å². The van der Waals surface area contributed by atoms with Crippen molar-refractivity contribution in [1.29, 1.82) is 0 Å². The van der Waals surface area contributed by atoms with Crippen molar-refractivity contribution < 1.29 is 0 Å². The van der Waals surface area contributed by atoms with Gasteiger partial charge >= 0.3 is 0 Å². The van der Waals surface area contributed by atoms with Crippen molar-refractivity contribution in [1.82, 2.24) is 5.32 Å². The van der Waals surface area contributed by atoms with Crippen LogP contribution in [0, 0.1) is 6.54 Å². The molecule has 0 aliphatic carbocycles. The van der Waals surface area contributed by atoms with Crippen molar-refractivity contribution in [2.75, 3.05) is 0 Å². The molecule has 0 aliphatic rings. The van der Waals surface area contributed by atoms with Gasteiger partial charge < -0.3 is 5.32 Å². The molecule has 0 aliphatic heterocycles. The number of halogens is 3. The minimum atomic E-state index is 0.400. The molecule has 0 heterocycles. The third-order valence-corrected chi connectivity index (χ3v) is 3.81. The predicted octanol–water partition coefficient (Wildman–Crippen LogP) is 4.95. The van der Waals surface area contributed by atoms with Crippen LogP contribution in [0.5, 0.6) is 0 Å². The van der Waals surface area contributed by atoms with Gasteiger partial charge in [0.2, 0.25) is 0 Å². The number of benzene rings is 2. The molecule has 2 rings (SSSR count). The SMILES string of the molecule is Clc1ccc(CN[CH]c2ccccc2)c(Cl)c1Cl. The number of rotatable bonds is 4. The van der Waals surface area contributed by atoms with Crippen LogP contribution in [0.4, 0.5) is 0 Å². The van der Waals surface area contributed by atoms with Crippen LogP contribution in [0.2, 0.25) is 15.1 Å². The minimum Gasteiger partial charge on any atom is -0.304 e. The molecule has 2 aromatic carbocycles. The number of hydrogen-bond donors (Lipinski definition) is 1. The van der Waals surface area contributed by atoms with Gasteiger partial charge in [0.05, 0.1) is 21.6 Å². The molecule has 93 valence electrons. The molecule has 1 N–H and O–H groups in total. The Labute approximate surface area is 122 Å². The molecule has 0 saturated heterocycles. The molecule has 0 amide bonds. The first-order chi connectivity index (χ1) is 8.68. The molecule has 0 saturated carbocycles. The molecule has 18 heavy (non-hydrogen) atoms. The van der Waals surface area contributed by atoms with Crippen LogP contribution in [0.15, 0.2) is 42.5 Å². The summed E-state index contributed by atoms with van der Waals surface area (Å²) in [7, 11) is 0. The average molecular weight is 300 g/mol. The zero-order valence-electron chi connectivity index (χ0n) is 9.46. The number of hydrogen-bond acceptors (Lipinski definition) is 1. The molecule has 4 heteroatoms. The smallest absolute Gasteiger partial charge is 0.0781 e. The predicted molar refractivity (Wildman–Crippen MR) is 78.2 cm³/mol. The summed E-state index contributed by atoms with van der Waals surface area (Å²) in [6.07, 6.45) is 0. The molecule has 0 atom stereocenters. The molecule has 0 fully saturated rings. The lowest BCUT2D eigenvalue weighted by atomic mass is 10.2. The van der Waals surface area contributed by atoms with E-state index >= 15 is 0 Å². The van der Waals surface area contributed by atoms with Crippen molar-refractivity contribution >= 4 is 34.8 Å². The monoisotopic (exact) mass is 298 g/mol. The molecule has 1 nitrogen and oxygen atoms in total. The third-order valence-electron chi connectivity index (χ3n) is 2.48. The first-order valence-electron chi connectivity index (χ1n) is 5.42. The lowest BCUT2D eigenvalue weighted by Gasteiger charge is -2.08. The summed E-state index contributed by atoms with van der Waals surface area (Å²) in [4.78, 5) is 0. The van der Waals surface area contributed by atoms with Gasteiger partial charge in [-0.2, -0.15) is 0 Å². The maximum absolute atomic E-state index is 6.11. The van der Waals surface area contributed by atoms with Crippen LogP contribution >= 0.6 is 34.8 Å². The van der Waals surface area contributed by atoms with E-state index in [0.717, 1.165) is 11.1 Å². The summed E-state index contributed by atoms with van der Waals surface area (Å²) in [6, 6.07) is 13.6. The third kappa shape index (κ3) is 3.39. The molecule has 1 radical (unpaired) electrons. The van der Waals surface area contributed by atoms with Gasteiger partial charge in [-0.1, -0.05) is 71.2 Å². The van der Waals surface area contributed by atoms with Crippen molar-refractivity contribution in [2.24, 2.45) is 0 Å². The van der Waals surface area contributed by atoms with Gasteiger partial charge in [0, 0.05) is 6.54 Å². The highest BCUT2D eigenvalue weighted by atomic mass is 35.5. The van der Waals surface area contributed by atoms with Gasteiger partial charge in [-0.25, -0.2) is 0 Å². The average Bonchev–Trinajstić information content (AvgIpc) is 2.40.